The summed E-state index contributed by atoms with van der Waals surface area (Å²) in [5, 5.41) is 8.52. The Bertz CT molecular complexity index is 614. The smallest absolute Gasteiger partial charge is 0.0640 e. The topological polar surface area (TPSA) is 25.8 Å². The first-order valence-corrected chi connectivity index (χ1v) is 7.79. The molecule has 2 aromatic rings. The second kappa shape index (κ2) is 4.94. The molecule has 1 aromatic heterocycles. The maximum atomic E-state index is 4.34. The van der Waals surface area contributed by atoms with E-state index in [4.69, 9.17) is 0 Å². The van der Waals surface area contributed by atoms with Crippen LogP contribution in [0.5, 0.6) is 0 Å². The van der Waals surface area contributed by atoms with Crippen LogP contribution in [0.1, 0.15) is 56.1 Å². The van der Waals surface area contributed by atoms with Crippen molar-refractivity contribution in [3.63, 3.8) is 0 Å². The Labute approximate surface area is 127 Å². The van der Waals surface area contributed by atoms with Crippen LogP contribution in [0, 0.1) is 6.92 Å². The third-order valence-electron chi connectivity index (χ3n) is 4.59. The molecule has 1 heterocycles. The highest BCUT2D eigenvalue weighted by Crippen LogP contribution is 2.50. The Balaban J connectivity index is 1.81. The fourth-order valence-electron chi connectivity index (χ4n) is 2.91. The molecule has 3 rings (SSSR count). The lowest BCUT2D eigenvalue weighted by Crippen LogP contribution is -2.14. The van der Waals surface area contributed by atoms with Gasteiger partial charge in [0.1, 0.15) is 0 Å². The monoisotopic (exact) mass is 280 g/mol. The van der Waals surface area contributed by atoms with Crippen LogP contribution in [0.4, 0.5) is 0 Å². The third kappa shape index (κ3) is 2.99. The van der Waals surface area contributed by atoms with Crippen LogP contribution < -0.4 is 0 Å². The molecule has 2 heteroatoms. The van der Waals surface area contributed by atoms with Crippen molar-refractivity contribution in [2.24, 2.45) is 0 Å². The van der Waals surface area contributed by atoms with Crippen molar-refractivity contribution in [2.45, 2.75) is 57.8 Å². The molecule has 0 spiro atoms. The van der Waals surface area contributed by atoms with Gasteiger partial charge in [0.2, 0.25) is 0 Å². The molecular formula is C19H24N2. The van der Waals surface area contributed by atoms with Gasteiger partial charge in [-0.25, -0.2) is 0 Å². The number of hydrogen-bond donors (Lipinski definition) is 0. The number of aromatic nitrogens is 2. The molecule has 0 atom stereocenters. The Morgan fingerprint density at radius 1 is 0.952 bits per heavy atom. The predicted octanol–water partition coefficient (Wildman–Crippen LogP) is 4.36. The minimum absolute atomic E-state index is 0.220. The van der Waals surface area contributed by atoms with Crippen molar-refractivity contribution in [1.82, 2.24) is 10.2 Å². The fourth-order valence-corrected chi connectivity index (χ4v) is 2.91. The minimum atomic E-state index is 0.220. The molecule has 1 fully saturated rings. The second-order valence-electron chi connectivity index (χ2n) is 7.45. The van der Waals surface area contributed by atoms with Crippen molar-refractivity contribution < 1.29 is 0 Å². The van der Waals surface area contributed by atoms with Gasteiger partial charge in [0.05, 0.1) is 11.4 Å². The molecule has 0 unspecified atom stereocenters. The van der Waals surface area contributed by atoms with E-state index < -0.39 is 0 Å². The molecular weight excluding hydrogens is 256 g/mol. The zero-order chi connectivity index (χ0) is 15.1. The molecule has 1 saturated carbocycles. The van der Waals surface area contributed by atoms with Gasteiger partial charge >= 0.3 is 0 Å². The van der Waals surface area contributed by atoms with Gasteiger partial charge in [-0.05, 0) is 48.4 Å². The van der Waals surface area contributed by atoms with E-state index in [0.717, 1.165) is 17.8 Å². The van der Waals surface area contributed by atoms with E-state index in [0.29, 0.717) is 5.41 Å². The fraction of sp³-hybridized carbons (Fsp3) is 0.474. The van der Waals surface area contributed by atoms with Gasteiger partial charge in [0.25, 0.3) is 0 Å². The summed E-state index contributed by atoms with van der Waals surface area (Å²) in [5.41, 5.74) is 5.48. The second-order valence-corrected chi connectivity index (χ2v) is 7.45. The molecule has 0 bridgehead atoms. The summed E-state index contributed by atoms with van der Waals surface area (Å²) in [5.74, 6) is 0. The van der Waals surface area contributed by atoms with E-state index in [9.17, 15) is 0 Å². The summed E-state index contributed by atoms with van der Waals surface area (Å²) >= 11 is 0. The van der Waals surface area contributed by atoms with Crippen LogP contribution in [-0.4, -0.2) is 10.2 Å². The Morgan fingerprint density at radius 2 is 1.62 bits per heavy atom. The van der Waals surface area contributed by atoms with E-state index in [-0.39, 0.29) is 5.41 Å². The summed E-state index contributed by atoms with van der Waals surface area (Å²) in [6.07, 6.45) is 3.53. The zero-order valence-electron chi connectivity index (χ0n) is 13.5. The van der Waals surface area contributed by atoms with Gasteiger partial charge < -0.3 is 0 Å². The quantitative estimate of drug-likeness (QED) is 0.835. The highest BCUT2D eigenvalue weighted by molar-refractivity contribution is 5.37. The Hall–Kier alpha value is -1.70. The summed E-state index contributed by atoms with van der Waals surface area (Å²) in [6, 6.07) is 13.4. The van der Waals surface area contributed by atoms with Crippen molar-refractivity contribution in [1.29, 1.82) is 0 Å². The average molecular weight is 280 g/mol. The van der Waals surface area contributed by atoms with Crippen LogP contribution in [0.25, 0.3) is 0 Å². The molecule has 0 amide bonds. The summed E-state index contributed by atoms with van der Waals surface area (Å²) in [7, 11) is 0. The number of nitrogens with zero attached hydrogens (tertiary/aromatic N) is 2. The molecule has 1 aliphatic rings. The molecule has 1 aliphatic carbocycles. The standard InChI is InChI=1S/C19H24N2/c1-14-5-10-17(21-20-14)13-19(11-12-19)16-8-6-15(7-9-16)18(2,3)4/h5-10H,11-13H2,1-4H3. The molecule has 110 valence electrons. The average Bonchev–Trinajstić information content (AvgIpc) is 3.22. The van der Waals surface area contributed by atoms with Gasteiger partial charge in [0, 0.05) is 11.8 Å². The number of aryl methyl sites for hydroxylation is 1. The first-order valence-electron chi connectivity index (χ1n) is 7.79. The first-order chi connectivity index (χ1) is 9.89. The lowest BCUT2D eigenvalue weighted by Gasteiger charge is -2.21. The van der Waals surface area contributed by atoms with Crippen LogP contribution in [0.2, 0.25) is 0 Å². The normalized spacial score (nSPS) is 16.8. The molecule has 0 aliphatic heterocycles. The van der Waals surface area contributed by atoms with Gasteiger partial charge in [-0.1, -0.05) is 45.0 Å². The predicted molar refractivity (Wildman–Crippen MR) is 86.5 cm³/mol. The van der Waals surface area contributed by atoms with Crippen LogP contribution >= 0.6 is 0 Å². The molecule has 2 nitrogen and oxygen atoms in total. The van der Waals surface area contributed by atoms with E-state index in [2.05, 4.69) is 67.4 Å². The number of benzene rings is 1. The Kier molecular flexibility index (Phi) is 3.35. The van der Waals surface area contributed by atoms with Crippen molar-refractivity contribution in [2.75, 3.05) is 0 Å². The van der Waals surface area contributed by atoms with E-state index in [1.807, 2.05) is 6.92 Å². The highest BCUT2D eigenvalue weighted by atomic mass is 15.1. The maximum Gasteiger partial charge on any atom is 0.0640 e. The van der Waals surface area contributed by atoms with Crippen LogP contribution in [-0.2, 0) is 17.3 Å². The summed E-state index contributed by atoms with van der Waals surface area (Å²) in [4.78, 5) is 0. The van der Waals surface area contributed by atoms with Gasteiger partial charge in [-0.15, -0.1) is 0 Å². The Morgan fingerprint density at radius 3 is 2.10 bits per heavy atom. The summed E-state index contributed by atoms with van der Waals surface area (Å²) in [6.45, 7) is 8.76. The van der Waals surface area contributed by atoms with Crippen molar-refractivity contribution >= 4 is 0 Å². The number of rotatable bonds is 3. The lowest BCUT2D eigenvalue weighted by atomic mass is 9.84. The van der Waals surface area contributed by atoms with Crippen molar-refractivity contribution in [3.05, 3.63) is 58.9 Å². The van der Waals surface area contributed by atoms with Crippen LogP contribution in [0.15, 0.2) is 36.4 Å². The zero-order valence-corrected chi connectivity index (χ0v) is 13.5. The van der Waals surface area contributed by atoms with E-state index in [1.54, 1.807) is 0 Å². The SMILES string of the molecule is Cc1ccc(CC2(c3ccc(C(C)(C)C)cc3)CC2)nn1. The molecule has 1 aromatic carbocycles. The largest absolute Gasteiger partial charge is 0.156 e. The maximum absolute atomic E-state index is 4.34. The molecule has 21 heavy (non-hydrogen) atoms. The first kappa shape index (κ1) is 14.2. The van der Waals surface area contributed by atoms with E-state index >= 15 is 0 Å². The molecule has 0 radical (unpaired) electrons. The van der Waals surface area contributed by atoms with E-state index in [1.165, 1.54) is 24.0 Å². The molecule has 0 saturated heterocycles. The summed E-state index contributed by atoms with van der Waals surface area (Å²) < 4.78 is 0. The van der Waals surface area contributed by atoms with Crippen molar-refractivity contribution in [3.8, 4) is 0 Å². The van der Waals surface area contributed by atoms with Gasteiger partial charge in [-0.3, -0.25) is 0 Å². The molecule has 0 N–H and O–H groups in total. The lowest BCUT2D eigenvalue weighted by molar-refractivity contribution is 0.588. The third-order valence-corrected chi connectivity index (χ3v) is 4.59. The van der Waals surface area contributed by atoms with Gasteiger partial charge in [0.15, 0.2) is 0 Å². The van der Waals surface area contributed by atoms with Crippen LogP contribution in [0.3, 0.4) is 0 Å². The number of hydrogen-bond acceptors (Lipinski definition) is 2. The minimum Gasteiger partial charge on any atom is -0.156 e. The highest BCUT2D eigenvalue weighted by Gasteiger charge is 2.44. The van der Waals surface area contributed by atoms with Gasteiger partial charge in [-0.2, -0.15) is 10.2 Å².